The monoisotopic (exact) mass is 1180 g/mol. The summed E-state index contributed by atoms with van der Waals surface area (Å²) in [7, 11) is 0. The van der Waals surface area contributed by atoms with E-state index in [-0.39, 0.29) is 0 Å². The topological polar surface area (TPSA) is 25.6 Å². The molecule has 0 amide bonds. The van der Waals surface area contributed by atoms with E-state index in [0.717, 1.165) is 20.3 Å². The number of benzene rings is 14. The minimum atomic E-state index is 1.11. The van der Waals surface area contributed by atoms with Crippen molar-refractivity contribution >= 4 is 130 Å². The molecule has 0 radical (unpaired) electrons. The van der Waals surface area contributed by atoms with E-state index in [2.05, 4.69) is 289 Å². The zero-order valence-corrected chi connectivity index (χ0v) is 47.7. The number of nitrogens with one attached hydrogen (secondary N) is 1. The Morgan fingerprint density at radius 1 is 0.241 bits per heavy atom. The lowest BCUT2D eigenvalue weighted by Crippen LogP contribution is -1.98. The summed E-state index contributed by atoms with van der Waals surface area (Å²) in [6.07, 6.45) is 0. The number of aromatic nitrogens is 3. The number of nitrogens with zero attached hydrogens (tertiary/aromatic N) is 2. The van der Waals surface area contributed by atoms with Gasteiger partial charge in [-0.15, -0.1) is 0 Å². The van der Waals surface area contributed by atoms with Crippen molar-refractivity contribution in [3.63, 3.8) is 0 Å². The van der Waals surface area contributed by atoms with Crippen LogP contribution in [0.5, 0.6) is 0 Å². The average molecular weight is 1180 g/mol. The van der Waals surface area contributed by atoms with Crippen molar-refractivity contribution in [1.29, 1.82) is 0 Å². The minimum Gasteiger partial charge on any atom is -0.354 e. The molecule has 1 N–H and O–H groups in total. The van der Waals surface area contributed by atoms with Gasteiger partial charge >= 0.3 is 0 Å². The van der Waals surface area contributed by atoms with E-state index in [4.69, 9.17) is 0 Å². The molecule has 386 valence electrons. The molecule has 14 aromatic carbocycles. The van der Waals surface area contributed by atoms with E-state index in [9.17, 15) is 0 Å². The highest BCUT2D eigenvalue weighted by molar-refractivity contribution is 9.11. The summed E-state index contributed by atoms with van der Waals surface area (Å²) < 4.78 is 7.20. The number of H-pyrrole nitrogens is 1. The Morgan fingerprint density at radius 2 is 0.566 bits per heavy atom. The normalized spacial score (nSPS) is 12.2. The zero-order valence-electron chi connectivity index (χ0n) is 44.6. The van der Waals surface area contributed by atoms with Crippen LogP contribution in [0.3, 0.4) is 0 Å². The smallest absolute Gasteiger partial charge is 0.0620 e. The Morgan fingerprint density at radius 3 is 1.01 bits per heavy atom. The van der Waals surface area contributed by atoms with E-state index in [0.29, 0.717) is 0 Å². The fourth-order valence-corrected chi connectivity index (χ4v) is 15.1. The molecule has 0 unspecified atom stereocenters. The number of halogens is 2. The van der Waals surface area contributed by atoms with Crippen molar-refractivity contribution in [2.45, 2.75) is 0 Å². The predicted octanol–water partition coefficient (Wildman–Crippen LogP) is 22.8. The molecule has 0 aliphatic heterocycles. The van der Waals surface area contributed by atoms with Gasteiger partial charge in [0.15, 0.2) is 0 Å². The molecule has 0 spiro atoms. The standard InChI is InChI=1S/C50H28N2.C22H13N.C6H4Br2/c1-3-13-33-31(11-1)37-17-9-19-39-47(37)41(33)27-43-35-15-5-7-21-45(35)51(49(39)43)29-23-25-30(26-24-29)52-46-22-8-6-16-36(46)44-28-42-34-14-4-2-12-32(34)38-18-10-20-40(48(38)42)50(44)52;1-2-7-14-13(6-1)16-9-5-10-17-21(16)18(14)12-19-15-8-3-4-11-20(15)23-22(17)19;7-5-1-2-6(8)4-3-5/h1-28H;1-12,23H;1-4H. The summed E-state index contributed by atoms with van der Waals surface area (Å²) in [6.45, 7) is 0. The third kappa shape index (κ3) is 6.72. The molecule has 0 saturated heterocycles. The molecular formula is C78H45Br2N3. The Balaban J connectivity index is 0.000000139. The van der Waals surface area contributed by atoms with Gasteiger partial charge in [-0.25, -0.2) is 0 Å². The van der Waals surface area contributed by atoms with E-state index < -0.39 is 0 Å². The molecule has 0 saturated carbocycles. The number of hydrogen-bond acceptors (Lipinski definition) is 0. The minimum absolute atomic E-state index is 1.11. The van der Waals surface area contributed by atoms with Crippen LogP contribution in [0.2, 0.25) is 0 Å². The molecule has 3 nitrogen and oxygen atoms in total. The van der Waals surface area contributed by atoms with Crippen LogP contribution in [0.1, 0.15) is 0 Å². The van der Waals surface area contributed by atoms with Crippen molar-refractivity contribution < 1.29 is 0 Å². The van der Waals surface area contributed by atoms with E-state index in [1.165, 1.54) is 164 Å². The first-order valence-electron chi connectivity index (χ1n) is 28.3. The van der Waals surface area contributed by atoms with E-state index >= 15 is 0 Å². The molecule has 20 rings (SSSR count). The lowest BCUT2D eigenvalue weighted by molar-refractivity contribution is 1.15. The van der Waals surface area contributed by atoms with Crippen molar-refractivity contribution in [3.05, 3.63) is 276 Å². The lowest BCUT2D eigenvalue weighted by Gasteiger charge is -2.14. The van der Waals surface area contributed by atoms with E-state index in [1.54, 1.807) is 0 Å². The fraction of sp³-hybridized carbons (Fsp3) is 0. The second-order valence-electron chi connectivity index (χ2n) is 22.1. The van der Waals surface area contributed by atoms with Gasteiger partial charge in [-0.2, -0.15) is 0 Å². The summed E-state index contributed by atoms with van der Waals surface area (Å²) in [5, 5.41) is 15.8. The van der Waals surface area contributed by atoms with Gasteiger partial charge < -0.3 is 14.1 Å². The summed E-state index contributed by atoms with van der Waals surface area (Å²) >= 11 is 6.65. The average Bonchev–Trinajstić information content (AvgIpc) is 2.02. The molecule has 3 aromatic heterocycles. The summed E-state index contributed by atoms with van der Waals surface area (Å²) in [6, 6.07) is 97.6. The predicted molar refractivity (Wildman–Crippen MR) is 359 cm³/mol. The third-order valence-electron chi connectivity index (χ3n) is 17.9. The van der Waals surface area contributed by atoms with Gasteiger partial charge in [-0.1, -0.05) is 214 Å². The number of hydrogen-bond donors (Lipinski definition) is 1. The molecule has 0 bridgehead atoms. The van der Waals surface area contributed by atoms with Gasteiger partial charge in [0.1, 0.15) is 0 Å². The van der Waals surface area contributed by atoms with Gasteiger partial charge in [0.2, 0.25) is 0 Å². The Hall–Kier alpha value is -9.78. The first-order chi connectivity index (χ1) is 41.0. The van der Waals surface area contributed by atoms with Crippen LogP contribution < -0.4 is 0 Å². The van der Waals surface area contributed by atoms with Crippen LogP contribution in [-0.4, -0.2) is 14.1 Å². The van der Waals surface area contributed by atoms with Crippen LogP contribution >= 0.6 is 31.9 Å². The van der Waals surface area contributed by atoms with Crippen LogP contribution in [0, 0.1) is 0 Å². The van der Waals surface area contributed by atoms with Crippen molar-refractivity contribution in [1.82, 2.24) is 14.1 Å². The SMILES string of the molecule is Brc1ccc(Br)cc1.c1ccc2c(c1)-c1cccc3c1c-2cc1c2ccccc2[nH]c31.c1ccc2c(c1)-c1cccc3c1c-2cc1c2ccccc2n(-c2ccc(-n4c5ccccc5c5cc6c7c(cccc7c54)-c4ccccc4-6)cc2)c31. The molecule has 17 aromatic rings. The molecule has 83 heavy (non-hydrogen) atoms. The van der Waals surface area contributed by atoms with Crippen LogP contribution in [0.15, 0.2) is 276 Å². The Bertz CT molecular complexity index is 5390. The first-order valence-corrected chi connectivity index (χ1v) is 29.9. The van der Waals surface area contributed by atoms with Gasteiger partial charge in [0.05, 0.1) is 27.6 Å². The van der Waals surface area contributed by atoms with Crippen LogP contribution in [-0.2, 0) is 0 Å². The second kappa shape index (κ2) is 17.9. The zero-order chi connectivity index (χ0) is 54.6. The maximum atomic E-state index is 3.63. The van der Waals surface area contributed by atoms with Gasteiger partial charge in [0, 0.05) is 74.3 Å². The molecule has 0 fully saturated rings. The number of fused-ring (bicyclic) bond motifs is 21. The van der Waals surface area contributed by atoms with Crippen molar-refractivity contribution in [3.8, 4) is 78.1 Å². The number of rotatable bonds is 2. The summed E-state index contributed by atoms with van der Waals surface area (Å²) in [5.74, 6) is 0. The molecule has 3 heterocycles. The first kappa shape index (κ1) is 46.9. The second-order valence-corrected chi connectivity index (χ2v) is 24.0. The maximum Gasteiger partial charge on any atom is 0.0620 e. The largest absolute Gasteiger partial charge is 0.354 e. The highest BCUT2D eigenvalue weighted by Crippen LogP contribution is 2.54. The molecule has 3 aliphatic rings. The van der Waals surface area contributed by atoms with Crippen molar-refractivity contribution in [2.75, 3.05) is 0 Å². The summed E-state index contributed by atoms with van der Waals surface area (Å²) in [4.78, 5) is 3.63. The van der Waals surface area contributed by atoms with E-state index in [1.807, 2.05) is 24.3 Å². The van der Waals surface area contributed by atoms with Gasteiger partial charge in [-0.05, 0) is 168 Å². The van der Waals surface area contributed by atoms with Gasteiger partial charge in [0.25, 0.3) is 0 Å². The third-order valence-corrected chi connectivity index (χ3v) is 19.0. The Kier molecular flexibility index (Phi) is 10.1. The van der Waals surface area contributed by atoms with Crippen LogP contribution in [0.4, 0.5) is 0 Å². The highest BCUT2D eigenvalue weighted by Gasteiger charge is 2.28. The number of aromatic amines is 1. The lowest BCUT2D eigenvalue weighted by atomic mass is 9.99. The Labute approximate surface area is 494 Å². The fourth-order valence-electron chi connectivity index (χ4n) is 14.5. The molecule has 0 atom stereocenters. The van der Waals surface area contributed by atoms with Crippen molar-refractivity contribution in [2.24, 2.45) is 0 Å². The maximum absolute atomic E-state index is 3.63. The quantitative estimate of drug-likeness (QED) is 0.179. The molecule has 5 heteroatoms. The van der Waals surface area contributed by atoms with Crippen LogP contribution in [0.25, 0.3) is 176 Å². The number of para-hydroxylation sites is 3. The summed E-state index contributed by atoms with van der Waals surface area (Å²) in [5.41, 5.74) is 25.8. The molecular weight excluding hydrogens is 1140 g/mol. The van der Waals surface area contributed by atoms with Gasteiger partial charge in [-0.3, -0.25) is 0 Å². The molecule has 3 aliphatic carbocycles. The highest BCUT2D eigenvalue weighted by atomic mass is 79.9.